The molecule has 3 rings (SSSR count). The Morgan fingerprint density at radius 1 is 1.33 bits per heavy atom. The first-order chi connectivity index (χ1) is 12.8. The molecule has 27 heavy (non-hydrogen) atoms. The molecule has 0 bridgehead atoms. The summed E-state index contributed by atoms with van der Waals surface area (Å²) >= 11 is 7.88. The molecular weight excluding hydrogens is 454 g/mol. The molecule has 140 valence electrons. The first-order valence-electron chi connectivity index (χ1n) is 7.89. The van der Waals surface area contributed by atoms with E-state index in [-0.39, 0.29) is 26.8 Å². The van der Waals surface area contributed by atoms with Crippen molar-refractivity contribution >= 4 is 55.4 Å². The Morgan fingerprint density at radius 3 is 2.74 bits per heavy atom. The summed E-state index contributed by atoms with van der Waals surface area (Å²) < 4.78 is 18.8. The van der Waals surface area contributed by atoms with Gasteiger partial charge in [-0.05, 0) is 47.1 Å². The fourth-order valence-corrected chi connectivity index (χ4v) is 4.76. The minimum Gasteiger partial charge on any atom is -0.610 e. The quantitative estimate of drug-likeness (QED) is 0.443. The number of methoxy groups -OCH3 is 1. The molecule has 8 heteroatoms. The second-order valence-electron chi connectivity index (χ2n) is 5.84. The first-order valence-corrected chi connectivity index (χ1v) is 10.4. The number of carbonyl (C=O) groups is 1. The Morgan fingerprint density at radius 2 is 2.07 bits per heavy atom. The second-order valence-corrected chi connectivity index (χ2v) is 8.48. The molecule has 0 amide bonds. The van der Waals surface area contributed by atoms with Gasteiger partial charge in [-0.15, -0.1) is 0 Å². The summed E-state index contributed by atoms with van der Waals surface area (Å²) in [5.74, 6) is 0.290. The summed E-state index contributed by atoms with van der Waals surface area (Å²) in [5.41, 5.74) is 0.500. The molecule has 0 aliphatic heterocycles. The van der Waals surface area contributed by atoms with Gasteiger partial charge in [-0.2, -0.15) is 0 Å². The molecule has 5 nitrogen and oxygen atoms in total. The van der Waals surface area contributed by atoms with Gasteiger partial charge >= 0.3 is 0 Å². The number of benzene rings is 2. The molecule has 1 unspecified atom stereocenters. The van der Waals surface area contributed by atoms with E-state index < -0.39 is 22.4 Å². The lowest BCUT2D eigenvalue weighted by atomic mass is 10.1. The topological polar surface area (TPSA) is 82.2 Å². The van der Waals surface area contributed by atoms with Gasteiger partial charge in [0.25, 0.3) is 0 Å². The first kappa shape index (κ1) is 19.9. The van der Waals surface area contributed by atoms with Crippen LogP contribution >= 0.6 is 27.5 Å². The van der Waals surface area contributed by atoms with Crippen molar-refractivity contribution in [2.24, 2.45) is 0 Å². The van der Waals surface area contributed by atoms with Crippen LogP contribution in [0.25, 0.3) is 10.9 Å². The van der Waals surface area contributed by atoms with E-state index in [1.807, 2.05) is 0 Å². The van der Waals surface area contributed by atoms with E-state index in [9.17, 15) is 14.1 Å². The van der Waals surface area contributed by atoms with Gasteiger partial charge in [-0.1, -0.05) is 23.7 Å². The van der Waals surface area contributed by atoms with Gasteiger partial charge in [-0.25, -0.2) is 0 Å². The number of nitrogens with one attached hydrogen (secondary N) is 1. The summed E-state index contributed by atoms with van der Waals surface area (Å²) in [4.78, 5) is 28.1. The number of aromatic nitrogens is 1. The van der Waals surface area contributed by atoms with Crippen molar-refractivity contribution < 1.29 is 14.1 Å². The van der Waals surface area contributed by atoms with E-state index in [2.05, 4.69) is 20.9 Å². The molecule has 0 aliphatic carbocycles. The average Bonchev–Trinajstić information content (AvgIpc) is 2.64. The maximum absolute atomic E-state index is 13.0. The SMILES string of the molecule is COc1cccc(C[S+]([O-])c2[nH]c3c(Br)ccc(Cl)c3c(=O)c2C(C)=O)c1. The Bertz CT molecular complexity index is 1100. The summed E-state index contributed by atoms with van der Waals surface area (Å²) in [7, 11) is 1.55. The molecule has 1 atom stereocenters. The van der Waals surface area contributed by atoms with Gasteiger partial charge < -0.3 is 14.3 Å². The molecule has 2 aromatic carbocycles. The summed E-state index contributed by atoms with van der Waals surface area (Å²) in [6, 6.07) is 10.4. The number of halogens is 2. The molecule has 1 aromatic heterocycles. The van der Waals surface area contributed by atoms with Crippen molar-refractivity contribution in [3.05, 3.63) is 67.2 Å². The van der Waals surface area contributed by atoms with E-state index >= 15 is 0 Å². The zero-order valence-corrected chi connectivity index (χ0v) is 17.6. The van der Waals surface area contributed by atoms with Crippen molar-refractivity contribution in [3.63, 3.8) is 0 Å². The minimum absolute atomic E-state index is 0.0887. The van der Waals surface area contributed by atoms with Gasteiger partial charge in [0.2, 0.25) is 10.5 Å². The molecule has 0 spiro atoms. The van der Waals surface area contributed by atoms with E-state index in [4.69, 9.17) is 16.3 Å². The molecule has 0 fully saturated rings. The number of Topliss-reactive ketones (excluding diaryl/α,β-unsaturated/α-hetero) is 1. The molecule has 3 aromatic rings. The Labute approximate surface area is 172 Å². The van der Waals surface area contributed by atoms with Crippen molar-refractivity contribution in [1.29, 1.82) is 0 Å². The van der Waals surface area contributed by atoms with Crippen LogP contribution in [0.3, 0.4) is 0 Å². The van der Waals surface area contributed by atoms with Crippen molar-refractivity contribution in [1.82, 2.24) is 4.98 Å². The van der Waals surface area contributed by atoms with Crippen LogP contribution in [0.15, 0.2) is 50.7 Å². The van der Waals surface area contributed by atoms with Crippen LogP contribution in [0.5, 0.6) is 5.75 Å². The van der Waals surface area contributed by atoms with Gasteiger partial charge in [-0.3, -0.25) is 9.59 Å². The number of ether oxygens (including phenoxy) is 1. The lowest BCUT2D eigenvalue weighted by Crippen LogP contribution is -2.22. The number of carbonyl (C=O) groups excluding carboxylic acids is 1. The largest absolute Gasteiger partial charge is 0.610 e. The number of pyridine rings is 1. The van der Waals surface area contributed by atoms with Crippen LogP contribution in [-0.2, 0) is 16.9 Å². The lowest BCUT2D eigenvalue weighted by molar-refractivity contribution is 0.101. The Balaban J connectivity index is 2.17. The Kier molecular flexibility index (Phi) is 5.95. The lowest BCUT2D eigenvalue weighted by Gasteiger charge is -2.15. The predicted molar refractivity (Wildman–Crippen MR) is 110 cm³/mol. The number of H-pyrrole nitrogens is 1. The van der Waals surface area contributed by atoms with Crippen LogP contribution in [0.1, 0.15) is 22.8 Å². The highest BCUT2D eigenvalue weighted by molar-refractivity contribution is 9.10. The van der Waals surface area contributed by atoms with Crippen LogP contribution in [0.2, 0.25) is 5.02 Å². The van der Waals surface area contributed by atoms with Crippen LogP contribution < -0.4 is 10.2 Å². The summed E-state index contributed by atoms with van der Waals surface area (Å²) in [6.45, 7) is 1.27. The molecule has 0 radical (unpaired) electrons. The van der Waals surface area contributed by atoms with E-state index in [1.165, 1.54) is 6.92 Å². The molecule has 0 aliphatic rings. The van der Waals surface area contributed by atoms with Crippen LogP contribution in [0.4, 0.5) is 0 Å². The minimum atomic E-state index is -1.65. The second kappa shape index (κ2) is 8.06. The number of hydrogen-bond donors (Lipinski definition) is 1. The van der Waals surface area contributed by atoms with Crippen LogP contribution in [-0.4, -0.2) is 22.4 Å². The molecule has 1 heterocycles. The fraction of sp³-hybridized carbons (Fsp3) is 0.158. The third-order valence-electron chi connectivity index (χ3n) is 4.04. The maximum atomic E-state index is 13.0. The van der Waals surface area contributed by atoms with Crippen LogP contribution in [0, 0.1) is 0 Å². The van der Waals surface area contributed by atoms with Gasteiger partial charge in [0, 0.05) is 21.2 Å². The molecule has 0 saturated heterocycles. The third-order valence-corrected chi connectivity index (χ3v) is 6.37. The summed E-state index contributed by atoms with van der Waals surface area (Å²) in [6.07, 6.45) is 0. The van der Waals surface area contributed by atoms with E-state index in [1.54, 1.807) is 43.5 Å². The van der Waals surface area contributed by atoms with Gasteiger partial charge in [0.05, 0.1) is 23.0 Å². The number of rotatable bonds is 5. The fourth-order valence-electron chi connectivity index (χ4n) is 2.78. The standard InChI is InChI=1S/C19H15BrClNO4S/c1-10(23)15-18(24)16-14(21)7-6-13(20)17(16)22-19(15)27(25)9-11-4-3-5-12(8-11)26-2/h3-8H,9H2,1-2H3,(H,22,24). The normalized spacial score (nSPS) is 12.2. The zero-order chi connectivity index (χ0) is 19.7. The molecule has 0 saturated carbocycles. The highest BCUT2D eigenvalue weighted by Gasteiger charge is 2.27. The third kappa shape index (κ3) is 3.91. The number of aromatic amines is 1. The highest BCUT2D eigenvalue weighted by Crippen LogP contribution is 2.29. The molecule has 1 N–H and O–H groups in total. The monoisotopic (exact) mass is 467 g/mol. The van der Waals surface area contributed by atoms with E-state index in [0.717, 1.165) is 5.56 Å². The Hall–Kier alpha value is -1.80. The van der Waals surface area contributed by atoms with Crippen molar-refractivity contribution in [3.8, 4) is 5.75 Å². The van der Waals surface area contributed by atoms with Crippen molar-refractivity contribution in [2.75, 3.05) is 7.11 Å². The smallest absolute Gasteiger partial charge is 0.238 e. The number of ketones is 1. The average molecular weight is 469 g/mol. The predicted octanol–water partition coefficient (Wildman–Crippen LogP) is 4.46. The van der Waals surface area contributed by atoms with Gasteiger partial charge in [0.15, 0.2) is 5.78 Å². The zero-order valence-electron chi connectivity index (χ0n) is 14.5. The number of fused-ring (bicyclic) bond motifs is 1. The maximum Gasteiger partial charge on any atom is 0.238 e. The van der Waals surface area contributed by atoms with Gasteiger partial charge in [0.1, 0.15) is 17.1 Å². The summed E-state index contributed by atoms with van der Waals surface area (Å²) in [5, 5.41) is 0.506. The highest BCUT2D eigenvalue weighted by atomic mass is 79.9. The van der Waals surface area contributed by atoms with Crippen molar-refractivity contribution in [2.45, 2.75) is 17.7 Å². The molecular formula is C19H15BrClNO4S. The van der Waals surface area contributed by atoms with E-state index in [0.29, 0.717) is 15.7 Å². The number of hydrogen-bond acceptors (Lipinski definition) is 4.